The summed E-state index contributed by atoms with van der Waals surface area (Å²) in [6, 6.07) is 15.5. The van der Waals surface area contributed by atoms with Crippen LogP contribution in [0.4, 0.5) is 0 Å². The lowest BCUT2D eigenvalue weighted by atomic mass is 10.1. The molecule has 0 aliphatic rings. The number of para-hydroxylation sites is 2. The van der Waals surface area contributed by atoms with E-state index in [4.69, 9.17) is 0 Å². The highest BCUT2D eigenvalue weighted by molar-refractivity contribution is 5.93. The number of carbonyl (C=O) groups is 1. The van der Waals surface area contributed by atoms with E-state index in [2.05, 4.69) is 15.3 Å². The van der Waals surface area contributed by atoms with Gasteiger partial charge >= 0.3 is 0 Å². The summed E-state index contributed by atoms with van der Waals surface area (Å²) in [5.41, 5.74) is 4.10. The lowest BCUT2D eigenvalue weighted by molar-refractivity contribution is 0.0946. The van der Waals surface area contributed by atoms with E-state index in [-0.39, 0.29) is 5.91 Å². The predicted octanol–water partition coefficient (Wildman–Crippen LogP) is 2.87. The Kier molecular flexibility index (Phi) is 3.60. The van der Waals surface area contributed by atoms with Crippen molar-refractivity contribution in [1.82, 2.24) is 15.3 Å². The minimum absolute atomic E-state index is 0.212. The maximum atomic E-state index is 12.2. The number of nitrogens with one attached hydrogen (secondary N) is 1. The third kappa shape index (κ3) is 2.89. The molecule has 0 bridgehead atoms. The van der Waals surface area contributed by atoms with Crippen molar-refractivity contribution in [3.05, 3.63) is 71.5 Å². The molecule has 4 heteroatoms. The lowest BCUT2D eigenvalue weighted by Gasteiger charge is -2.07. The van der Waals surface area contributed by atoms with Gasteiger partial charge in [-0.2, -0.15) is 0 Å². The zero-order valence-corrected chi connectivity index (χ0v) is 11.7. The van der Waals surface area contributed by atoms with Gasteiger partial charge in [-0.25, -0.2) is 4.98 Å². The molecule has 0 spiro atoms. The Hall–Kier alpha value is -2.75. The second-order valence-electron chi connectivity index (χ2n) is 4.85. The number of hydrogen-bond donors (Lipinski definition) is 1. The van der Waals surface area contributed by atoms with Crippen molar-refractivity contribution in [2.24, 2.45) is 0 Å². The van der Waals surface area contributed by atoms with Crippen molar-refractivity contribution in [2.75, 3.05) is 0 Å². The summed E-state index contributed by atoms with van der Waals surface area (Å²) in [4.78, 5) is 20.7. The molecule has 0 saturated carbocycles. The van der Waals surface area contributed by atoms with Gasteiger partial charge in [0.05, 0.1) is 17.2 Å². The molecule has 0 radical (unpaired) electrons. The third-order valence-electron chi connectivity index (χ3n) is 3.38. The SMILES string of the molecule is Cc1ccccc1CNC(=O)c1cnc2ccccc2n1. The maximum absolute atomic E-state index is 12.2. The van der Waals surface area contributed by atoms with E-state index in [0.29, 0.717) is 12.2 Å². The number of aryl methyl sites for hydroxylation is 1. The maximum Gasteiger partial charge on any atom is 0.271 e. The van der Waals surface area contributed by atoms with Gasteiger partial charge in [0.15, 0.2) is 0 Å². The number of carbonyl (C=O) groups excluding carboxylic acids is 1. The molecule has 0 fully saturated rings. The third-order valence-corrected chi connectivity index (χ3v) is 3.38. The van der Waals surface area contributed by atoms with Gasteiger partial charge in [-0.1, -0.05) is 36.4 Å². The number of aromatic nitrogens is 2. The largest absolute Gasteiger partial charge is 0.347 e. The van der Waals surface area contributed by atoms with Crippen LogP contribution in [-0.2, 0) is 6.54 Å². The zero-order valence-electron chi connectivity index (χ0n) is 11.7. The smallest absolute Gasteiger partial charge is 0.271 e. The first kappa shape index (κ1) is 13.2. The zero-order chi connectivity index (χ0) is 14.7. The Morgan fingerprint density at radius 3 is 2.57 bits per heavy atom. The van der Waals surface area contributed by atoms with Gasteiger partial charge in [0, 0.05) is 6.54 Å². The molecule has 0 atom stereocenters. The molecule has 3 rings (SSSR count). The second kappa shape index (κ2) is 5.71. The standard InChI is InChI=1S/C17H15N3O/c1-12-6-2-3-7-13(12)10-19-17(21)16-11-18-14-8-4-5-9-15(14)20-16/h2-9,11H,10H2,1H3,(H,19,21). The van der Waals surface area contributed by atoms with Crippen molar-refractivity contribution < 1.29 is 4.79 Å². The van der Waals surface area contributed by atoms with Crippen molar-refractivity contribution in [2.45, 2.75) is 13.5 Å². The summed E-state index contributed by atoms with van der Waals surface area (Å²) < 4.78 is 0. The van der Waals surface area contributed by atoms with Crippen LogP contribution in [0.2, 0.25) is 0 Å². The topological polar surface area (TPSA) is 54.9 Å². The van der Waals surface area contributed by atoms with Gasteiger partial charge < -0.3 is 5.32 Å². The van der Waals surface area contributed by atoms with Crippen LogP contribution in [0.5, 0.6) is 0 Å². The molecule has 2 aromatic carbocycles. The number of benzene rings is 2. The van der Waals surface area contributed by atoms with Gasteiger partial charge in [0.25, 0.3) is 5.91 Å². The summed E-state index contributed by atoms with van der Waals surface area (Å²) in [6.45, 7) is 2.51. The Balaban J connectivity index is 1.76. The fourth-order valence-corrected chi connectivity index (χ4v) is 2.14. The number of rotatable bonds is 3. The molecule has 0 unspecified atom stereocenters. The van der Waals surface area contributed by atoms with E-state index in [0.717, 1.165) is 22.2 Å². The molecule has 21 heavy (non-hydrogen) atoms. The summed E-state index contributed by atoms with van der Waals surface area (Å²) in [5, 5.41) is 2.88. The Morgan fingerprint density at radius 1 is 1.05 bits per heavy atom. The van der Waals surface area contributed by atoms with Gasteiger partial charge in [0.2, 0.25) is 0 Å². The molecular weight excluding hydrogens is 262 g/mol. The summed E-state index contributed by atoms with van der Waals surface area (Å²) in [6.07, 6.45) is 1.51. The number of hydrogen-bond acceptors (Lipinski definition) is 3. The Morgan fingerprint density at radius 2 is 1.76 bits per heavy atom. The molecule has 1 N–H and O–H groups in total. The van der Waals surface area contributed by atoms with Crippen LogP contribution in [-0.4, -0.2) is 15.9 Å². The van der Waals surface area contributed by atoms with Crippen molar-refractivity contribution >= 4 is 16.9 Å². The van der Waals surface area contributed by atoms with Crippen LogP contribution in [0.3, 0.4) is 0 Å². The molecule has 0 saturated heterocycles. The summed E-state index contributed by atoms with van der Waals surface area (Å²) in [7, 11) is 0. The highest BCUT2D eigenvalue weighted by Crippen LogP contribution is 2.09. The van der Waals surface area contributed by atoms with E-state index in [1.54, 1.807) is 0 Å². The summed E-state index contributed by atoms with van der Waals surface area (Å²) in [5.74, 6) is -0.212. The molecule has 0 aliphatic carbocycles. The normalized spacial score (nSPS) is 10.5. The van der Waals surface area contributed by atoms with Crippen LogP contribution in [0, 0.1) is 6.92 Å². The van der Waals surface area contributed by atoms with Gasteiger partial charge in [0.1, 0.15) is 5.69 Å². The fourth-order valence-electron chi connectivity index (χ4n) is 2.14. The molecule has 3 aromatic rings. The average molecular weight is 277 g/mol. The second-order valence-corrected chi connectivity index (χ2v) is 4.85. The Bertz CT molecular complexity index is 799. The van der Waals surface area contributed by atoms with E-state index >= 15 is 0 Å². The highest BCUT2D eigenvalue weighted by atomic mass is 16.1. The van der Waals surface area contributed by atoms with Crippen LogP contribution in [0.15, 0.2) is 54.7 Å². The molecule has 104 valence electrons. The fraction of sp³-hybridized carbons (Fsp3) is 0.118. The van der Waals surface area contributed by atoms with Crippen LogP contribution in [0.1, 0.15) is 21.6 Å². The quantitative estimate of drug-likeness (QED) is 0.801. The first-order valence-corrected chi connectivity index (χ1v) is 6.78. The first-order valence-electron chi connectivity index (χ1n) is 6.78. The first-order chi connectivity index (χ1) is 10.2. The van der Waals surface area contributed by atoms with E-state index in [9.17, 15) is 4.79 Å². The van der Waals surface area contributed by atoms with Crippen molar-refractivity contribution in [3.63, 3.8) is 0 Å². The van der Waals surface area contributed by atoms with Crippen molar-refractivity contribution in [3.8, 4) is 0 Å². The van der Waals surface area contributed by atoms with Gasteiger partial charge in [-0.05, 0) is 30.2 Å². The number of fused-ring (bicyclic) bond motifs is 1. The van der Waals surface area contributed by atoms with Gasteiger partial charge in [-0.15, -0.1) is 0 Å². The minimum Gasteiger partial charge on any atom is -0.347 e. The Labute approximate surface area is 122 Å². The lowest BCUT2D eigenvalue weighted by Crippen LogP contribution is -2.24. The van der Waals surface area contributed by atoms with Crippen LogP contribution in [0.25, 0.3) is 11.0 Å². The number of amides is 1. The molecule has 4 nitrogen and oxygen atoms in total. The monoisotopic (exact) mass is 277 g/mol. The molecular formula is C17H15N3O. The molecule has 1 aromatic heterocycles. The van der Waals surface area contributed by atoms with Crippen LogP contribution < -0.4 is 5.32 Å². The van der Waals surface area contributed by atoms with E-state index in [1.807, 2.05) is 55.5 Å². The van der Waals surface area contributed by atoms with Crippen LogP contribution >= 0.6 is 0 Å². The predicted molar refractivity (Wildman–Crippen MR) is 81.9 cm³/mol. The average Bonchev–Trinajstić information content (AvgIpc) is 2.53. The molecule has 1 amide bonds. The summed E-state index contributed by atoms with van der Waals surface area (Å²) >= 11 is 0. The van der Waals surface area contributed by atoms with Gasteiger partial charge in [-0.3, -0.25) is 9.78 Å². The molecule has 1 heterocycles. The van der Waals surface area contributed by atoms with E-state index in [1.165, 1.54) is 6.20 Å². The molecule has 0 aliphatic heterocycles. The van der Waals surface area contributed by atoms with E-state index < -0.39 is 0 Å². The number of nitrogens with zero attached hydrogens (tertiary/aromatic N) is 2. The van der Waals surface area contributed by atoms with Crippen molar-refractivity contribution in [1.29, 1.82) is 0 Å². The minimum atomic E-state index is -0.212. The highest BCUT2D eigenvalue weighted by Gasteiger charge is 2.09.